The van der Waals surface area contributed by atoms with E-state index in [-0.39, 0.29) is 24.2 Å². The fourth-order valence-corrected chi connectivity index (χ4v) is 3.41. The number of nitrogens with one attached hydrogen (secondary N) is 1. The highest BCUT2D eigenvalue weighted by atomic mass is 32.1. The van der Waals surface area contributed by atoms with Gasteiger partial charge in [0.2, 0.25) is 5.91 Å². The number of methoxy groups -OCH3 is 1. The molecular formula is C20H18FNO2S. The number of amides is 1. The summed E-state index contributed by atoms with van der Waals surface area (Å²) in [4.78, 5) is 13.5. The zero-order valence-electron chi connectivity index (χ0n) is 13.7. The summed E-state index contributed by atoms with van der Waals surface area (Å²) in [6, 6.07) is 17.3. The van der Waals surface area contributed by atoms with Gasteiger partial charge in [0.05, 0.1) is 19.6 Å². The second kappa shape index (κ2) is 7.94. The fourth-order valence-electron chi connectivity index (χ4n) is 2.61. The van der Waals surface area contributed by atoms with E-state index < -0.39 is 0 Å². The number of thiophene rings is 1. The Balaban J connectivity index is 1.78. The van der Waals surface area contributed by atoms with Gasteiger partial charge < -0.3 is 10.1 Å². The number of ether oxygens (including phenoxy) is 1. The van der Waals surface area contributed by atoms with Crippen LogP contribution in [-0.4, -0.2) is 13.0 Å². The Morgan fingerprint density at radius 2 is 1.96 bits per heavy atom. The molecule has 3 nitrogen and oxygen atoms in total. The first-order chi connectivity index (χ1) is 12.2. The number of benzene rings is 2. The van der Waals surface area contributed by atoms with Crippen LogP contribution in [-0.2, 0) is 11.2 Å². The van der Waals surface area contributed by atoms with E-state index in [2.05, 4.69) is 5.32 Å². The Labute approximate surface area is 150 Å². The van der Waals surface area contributed by atoms with Crippen molar-refractivity contribution in [3.63, 3.8) is 0 Å². The normalized spacial score (nSPS) is 11.8. The van der Waals surface area contributed by atoms with Gasteiger partial charge in [0.1, 0.15) is 11.6 Å². The van der Waals surface area contributed by atoms with Gasteiger partial charge in [0.15, 0.2) is 0 Å². The Kier molecular flexibility index (Phi) is 5.46. The number of rotatable bonds is 6. The Morgan fingerprint density at radius 1 is 1.16 bits per heavy atom. The molecule has 0 saturated heterocycles. The molecule has 128 valence electrons. The molecule has 3 aromatic rings. The highest BCUT2D eigenvalue weighted by Gasteiger charge is 2.18. The van der Waals surface area contributed by atoms with Crippen LogP contribution in [0.15, 0.2) is 66.0 Å². The second-order valence-corrected chi connectivity index (χ2v) is 6.58. The molecule has 0 bridgehead atoms. The van der Waals surface area contributed by atoms with Gasteiger partial charge in [0.25, 0.3) is 0 Å². The van der Waals surface area contributed by atoms with Crippen molar-refractivity contribution in [2.75, 3.05) is 7.11 Å². The summed E-state index contributed by atoms with van der Waals surface area (Å²) in [7, 11) is 1.60. The van der Waals surface area contributed by atoms with Gasteiger partial charge in [-0.15, -0.1) is 11.3 Å². The zero-order chi connectivity index (χ0) is 17.6. The molecule has 0 fully saturated rings. The van der Waals surface area contributed by atoms with Crippen molar-refractivity contribution >= 4 is 17.2 Å². The van der Waals surface area contributed by atoms with E-state index in [1.807, 2.05) is 41.8 Å². The molecule has 1 aromatic heterocycles. The van der Waals surface area contributed by atoms with Crippen LogP contribution in [0.1, 0.15) is 22.0 Å². The maximum Gasteiger partial charge on any atom is 0.225 e. The van der Waals surface area contributed by atoms with Crippen molar-refractivity contribution < 1.29 is 13.9 Å². The largest absolute Gasteiger partial charge is 0.497 e. The van der Waals surface area contributed by atoms with Crippen LogP contribution in [0.25, 0.3) is 0 Å². The van der Waals surface area contributed by atoms with Gasteiger partial charge in [-0.05, 0) is 46.8 Å². The van der Waals surface area contributed by atoms with Gasteiger partial charge in [0, 0.05) is 4.88 Å². The van der Waals surface area contributed by atoms with Crippen LogP contribution in [0.2, 0.25) is 0 Å². The monoisotopic (exact) mass is 355 g/mol. The minimum Gasteiger partial charge on any atom is -0.497 e. The van der Waals surface area contributed by atoms with Crippen LogP contribution in [0.4, 0.5) is 4.39 Å². The third-order valence-corrected chi connectivity index (χ3v) is 4.77. The molecule has 1 unspecified atom stereocenters. The van der Waals surface area contributed by atoms with Crippen LogP contribution in [0.3, 0.4) is 0 Å². The number of halogens is 1. The van der Waals surface area contributed by atoms with Gasteiger partial charge in [-0.1, -0.05) is 30.3 Å². The molecule has 1 amide bonds. The van der Waals surface area contributed by atoms with Gasteiger partial charge >= 0.3 is 0 Å². The molecule has 5 heteroatoms. The summed E-state index contributed by atoms with van der Waals surface area (Å²) < 4.78 is 18.4. The smallest absolute Gasteiger partial charge is 0.225 e. The van der Waals surface area contributed by atoms with Gasteiger partial charge in [-0.25, -0.2) is 4.39 Å². The van der Waals surface area contributed by atoms with E-state index in [4.69, 9.17) is 4.74 Å². The standard InChI is InChI=1S/C20H18FNO2S/c1-24-17-5-2-4-14(12-17)13-19(23)22-20(18-6-3-11-25-18)15-7-9-16(21)10-8-15/h2-12,20H,13H2,1H3,(H,22,23). The molecule has 2 aromatic carbocycles. The van der Waals surface area contributed by atoms with Crippen LogP contribution < -0.4 is 10.1 Å². The molecule has 0 aliphatic rings. The summed E-state index contributed by atoms with van der Waals surface area (Å²) in [6.07, 6.45) is 0.250. The molecule has 25 heavy (non-hydrogen) atoms. The van der Waals surface area contributed by atoms with E-state index in [9.17, 15) is 9.18 Å². The molecule has 3 rings (SSSR count). The maximum absolute atomic E-state index is 13.2. The average molecular weight is 355 g/mol. The van der Waals surface area contributed by atoms with Gasteiger partial charge in [-0.3, -0.25) is 4.79 Å². The van der Waals surface area contributed by atoms with Crippen molar-refractivity contribution in [3.05, 3.63) is 87.9 Å². The lowest BCUT2D eigenvalue weighted by Gasteiger charge is -2.18. The first-order valence-corrected chi connectivity index (χ1v) is 8.75. The minimum absolute atomic E-state index is 0.101. The molecule has 0 spiro atoms. The number of carbonyl (C=O) groups excluding carboxylic acids is 1. The third kappa shape index (κ3) is 4.45. The molecule has 1 N–H and O–H groups in total. The molecule has 0 aliphatic carbocycles. The van der Waals surface area contributed by atoms with E-state index in [0.29, 0.717) is 0 Å². The average Bonchev–Trinajstić information content (AvgIpc) is 3.15. The molecule has 0 aliphatic heterocycles. The van der Waals surface area contributed by atoms with Crippen LogP contribution >= 0.6 is 11.3 Å². The summed E-state index contributed by atoms with van der Waals surface area (Å²) in [5, 5.41) is 5.01. The Hall–Kier alpha value is -2.66. The predicted molar refractivity (Wildman–Crippen MR) is 97.4 cm³/mol. The highest BCUT2D eigenvalue weighted by Crippen LogP contribution is 2.26. The van der Waals surface area contributed by atoms with E-state index >= 15 is 0 Å². The van der Waals surface area contributed by atoms with Crippen molar-refractivity contribution in [1.29, 1.82) is 0 Å². The maximum atomic E-state index is 13.2. The minimum atomic E-state index is -0.295. The predicted octanol–water partition coefficient (Wildman–Crippen LogP) is 4.34. The first-order valence-electron chi connectivity index (χ1n) is 7.87. The summed E-state index contributed by atoms with van der Waals surface area (Å²) >= 11 is 1.56. The molecule has 1 heterocycles. The highest BCUT2D eigenvalue weighted by molar-refractivity contribution is 7.10. The van der Waals surface area contributed by atoms with Crippen LogP contribution in [0.5, 0.6) is 5.75 Å². The van der Waals surface area contributed by atoms with Crippen molar-refractivity contribution in [2.45, 2.75) is 12.5 Å². The van der Waals surface area contributed by atoms with E-state index in [0.717, 1.165) is 21.8 Å². The summed E-state index contributed by atoms with van der Waals surface area (Å²) in [5.74, 6) is 0.325. The van der Waals surface area contributed by atoms with Crippen molar-refractivity contribution in [2.24, 2.45) is 0 Å². The second-order valence-electron chi connectivity index (χ2n) is 5.60. The number of hydrogen-bond acceptors (Lipinski definition) is 3. The molecule has 0 radical (unpaired) electrons. The SMILES string of the molecule is COc1cccc(CC(=O)NC(c2ccc(F)cc2)c2cccs2)c1. The quantitative estimate of drug-likeness (QED) is 0.714. The van der Waals surface area contributed by atoms with Gasteiger partial charge in [-0.2, -0.15) is 0 Å². The van der Waals surface area contributed by atoms with Crippen molar-refractivity contribution in [3.8, 4) is 5.75 Å². The lowest BCUT2D eigenvalue weighted by molar-refractivity contribution is -0.120. The lowest BCUT2D eigenvalue weighted by atomic mass is 10.0. The fraction of sp³-hybridized carbons (Fsp3) is 0.150. The molecule has 1 atom stereocenters. The van der Waals surface area contributed by atoms with E-state index in [1.54, 1.807) is 30.6 Å². The van der Waals surface area contributed by atoms with Crippen molar-refractivity contribution in [1.82, 2.24) is 5.32 Å². The Morgan fingerprint density at radius 3 is 2.64 bits per heavy atom. The summed E-state index contributed by atoms with van der Waals surface area (Å²) in [6.45, 7) is 0. The first kappa shape index (κ1) is 17.2. The Bertz CT molecular complexity index is 831. The summed E-state index contributed by atoms with van der Waals surface area (Å²) in [5.41, 5.74) is 1.73. The third-order valence-electron chi connectivity index (χ3n) is 3.84. The topological polar surface area (TPSA) is 38.3 Å². The molecular weight excluding hydrogens is 337 g/mol. The number of hydrogen-bond donors (Lipinski definition) is 1. The molecule has 0 saturated carbocycles. The zero-order valence-corrected chi connectivity index (χ0v) is 14.6. The lowest BCUT2D eigenvalue weighted by Crippen LogP contribution is -2.30. The van der Waals surface area contributed by atoms with Crippen LogP contribution in [0, 0.1) is 5.82 Å². The number of carbonyl (C=O) groups is 1. The van der Waals surface area contributed by atoms with E-state index in [1.165, 1.54) is 12.1 Å².